The predicted molar refractivity (Wildman–Crippen MR) is 64.1 cm³/mol. The summed E-state index contributed by atoms with van der Waals surface area (Å²) in [7, 11) is 0. The lowest BCUT2D eigenvalue weighted by Crippen LogP contribution is -2.44. The van der Waals surface area contributed by atoms with Crippen molar-refractivity contribution >= 4 is 5.91 Å². The smallest absolute Gasteiger partial charge is 0.223 e. The van der Waals surface area contributed by atoms with E-state index >= 15 is 0 Å². The van der Waals surface area contributed by atoms with Gasteiger partial charge >= 0.3 is 0 Å². The van der Waals surface area contributed by atoms with Crippen LogP contribution in [0.15, 0.2) is 0 Å². The van der Waals surface area contributed by atoms with E-state index in [4.69, 9.17) is 10.5 Å². The van der Waals surface area contributed by atoms with Crippen molar-refractivity contribution < 1.29 is 9.53 Å². The van der Waals surface area contributed by atoms with Crippen LogP contribution in [-0.2, 0) is 9.53 Å². The molecule has 1 aliphatic rings. The molecule has 0 saturated carbocycles. The molecule has 1 fully saturated rings. The molecule has 1 aliphatic heterocycles. The van der Waals surface area contributed by atoms with E-state index in [1.165, 1.54) is 0 Å². The Labute approximate surface area is 98.1 Å². The first-order valence-electron chi connectivity index (χ1n) is 6.17. The highest BCUT2D eigenvalue weighted by Crippen LogP contribution is 2.31. The van der Waals surface area contributed by atoms with E-state index in [-0.39, 0.29) is 11.3 Å². The van der Waals surface area contributed by atoms with E-state index in [2.05, 4.69) is 6.92 Å². The fourth-order valence-electron chi connectivity index (χ4n) is 2.07. The number of nitrogens with zero attached hydrogens (tertiary/aromatic N) is 1. The maximum Gasteiger partial charge on any atom is 0.223 e. The molecule has 0 aromatic rings. The van der Waals surface area contributed by atoms with Crippen LogP contribution < -0.4 is 5.73 Å². The number of hydrogen-bond donors (Lipinski definition) is 1. The first-order valence-corrected chi connectivity index (χ1v) is 6.17. The van der Waals surface area contributed by atoms with Crippen LogP contribution in [0.25, 0.3) is 0 Å². The number of nitrogens with two attached hydrogens (primary N) is 1. The normalized spacial score (nSPS) is 19.8. The van der Waals surface area contributed by atoms with Crippen LogP contribution in [0.5, 0.6) is 0 Å². The van der Waals surface area contributed by atoms with Crippen LogP contribution in [0.2, 0.25) is 0 Å². The number of rotatable bonds is 5. The standard InChI is InChI=1S/C12H24N2O2/c1-3-16-10-12(2)5-8-14(9-6-12)11(15)4-7-13/h3-10,13H2,1-2H3. The van der Waals surface area contributed by atoms with E-state index in [1.54, 1.807) is 0 Å². The van der Waals surface area contributed by atoms with E-state index in [1.807, 2.05) is 11.8 Å². The molecule has 0 bridgehead atoms. The van der Waals surface area contributed by atoms with E-state index in [0.717, 1.165) is 39.1 Å². The maximum atomic E-state index is 11.6. The van der Waals surface area contributed by atoms with E-state index < -0.39 is 0 Å². The zero-order valence-electron chi connectivity index (χ0n) is 10.5. The fourth-order valence-corrected chi connectivity index (χ4v) is 2.07. The van der Waals surface area contributed by atoms with Gasteiger partial charge in [0, 0.05) is 32.7 Å². The molecule has 0 spiro atoms. The summed E-state index contributed by atoms with van der Waals surface area (Å²) < 4.78 is 5.50. The predicted octanol–water partition coefficient (Wildman–Crippen LogP) is 1.00. The van der Waals surface area contributed by atoms with Crippen LogP contribution in [0.4, 0.5) is 0 Å². The molecule has 4 nitrogen and oxygen atoms in total. The second kappa shape index (κ2) is 6.21. The quantitative estimate of drug-likeness (QED) is 0.764. The summed E-state index contributed by atoms with van der Waals surface area (Å²) in [6.07, 6.45) is 2.54. The molecule has 0 aromatic carbocycles. The lowest BCUT2D eigenvalue weighted by molar-refractivity contribution is -0.133. The first kappa shape index (κ1) is 13.5. The lowest BCUT2D eigenvalue weighted by Gasteiger charge is -2.39. The molecular weight excluding hydrogens is 204 g/mol. The summed E-state index contributed by atoms with van der Waals surface area (Å²) in [5.41, 5.74) is 5.63. The minimum atomic E-state index is 0.195. The summed E-state index contributed by atoms with van der Waals surface area (Å²) in [4.78, 5) is 13.6. The lowest BCUT2D eigenvalue weighted by atomic mass is 9.81. The molecule has 0 atom stereocenters. The molecule has 94 valence electrons. The number of likely N-dealkylation sites (tertiary alicyclic amines) is 1. The minimum Gasteiger partial charge on any atom is -0.381 e. The molecular formula is C12H24N2O2. The van der Waals surface area contributed by atoms with Gasteiger partial charge in [0.1, 0.15) is 0 Å². The van der Waals surface area contributed by atoms with Gasteiger partial charge in [0.15, 0.2) is 0 Å². The van der Waals surface area contributed by atoms with Crippen molar-refractivity contribution in [3.05, 3.63) is 0 Å². The molecule has 0 radical (unpaired) electrons. The van der Waals surface area contributed by atoms with Gasteiger partial charge in [0.25, 0.3) is 0 Å². The number of amides is 1. The van der Waals surface area contributed by atoms with Crippen LogP contribution in [0.3, 0.4) is 0 Å². The number of carbonyl (C=O) groups excluding carboxylic acids is 1. The zero-order valence-corrected chi connectivity index (χ0v) is 10.5. The molecule has 1 saturated heterocycles. The van der Waals surface area contributed by atoms with Crippen LogP contribution in [0, 0.1) is 5.41 Å². The van der Waals surface area contributed by atoms with Crippen LogP contribution >= 0.6 is 0 Å². The Morgan fingerprint density at radius 3 is 2.56 bits per heavy atom. The van der Waals surface area contributed by atoms with Gasteiger partial charge in [-0.1, -0.05) is 6.92 Å². The number of ether oxygens (including phenoxy) is 1. The SMILES string of the molecule is CCOCC1(C)CCN(C(=O)CCN)CC1. The monoisotopic (exact) mass is 228 g/mol. The van der Waals surface area contributed by atoms with Gasteiger partial charge in [-0.2, -0.15) is 0 Å². The third-order valence-corrected chi connectivity index (χ3v) is 3.34. The Morgan fingerprint density at radius 2 is 2.06 bits per heavy atom. The molecule has 1 rings (SSSR count). The van der Waals surface area contributed by atoms with Crippen LogP contribution in [0.1, 0.15) is 33.1 Å². The molecule has 0 aliphatic carbocycles. The van der Waals surface area contributed by atoms with E-state index in [9.17, 15) is 4.79 Å². The summed E-state index contributed by atoms with van der Waals surface area (Å²) in [5, 5.41) is 0. The Bertz CT molecular complexity index is 223. The van der Waals surface area contributed by atoms with Gasteiger partial charge < -0.3 is 15.4 Å². The Morgan fingerprint density at radius 1 is 1.44 bits per heavy atom. The Balaban J connectivity index is 2.35. The average molecular weight is 228 g/mol. The van der Waals surface area contributed by atoms with Crippen molar-refractivity contribution in [1.82, 2.24) is 4.90 Å². The molecule has 0 unspecified atom stereocenters. The van der Waals surface area contributed by atoms with Gasteiger partial charge in [0.05, 0.1) is 6.61 Å². The second-order valence-corrected chi connectivity index (χ2v) is 4.87. The van der Waals surface area contributed by atoms with Gasteiger partial charge in [-0.3, -0.25) is 4.79 Å². The molecule has 4 heteroatoms. The maximum absolute atomic E-state index is 11.6. The van der Waals surface area contributed by atoms with Gasteiger partial charge in [0.2, 0.25) is 5.91 Å². The number of hydrogen-bond acceptors (Lipinski definition) is 3. The van der Waals surface area contributed by atoms with Crippen molar-refractivity contribution in [3.63, 3.8) is 0 Å². The van der Waals surface area contributed by atoms with Crippen molar-refractivity contribution in [3.8, 4) is 0 Å². The molecule has 1 heterocycles. The van der Waals surface area contributed by atoms with Gasteiger partial charge in [-0.05, 0) is 25.2 Å². The largest absolute Gasteiger partial charge is 0.381 e. The second-order valence-electron chi connectivity index (χ2n) is 4.87. The summed E-state index contributed by atoms with van der Waals surface area (Å²) in [5.74, 6) is 0.195. The average Bonchev–Trinajstić information content (AvgIpc) is 2.28. The molecule has 0 aromatic heterocycles. The van der Waals surface area contributed by atoms with Crippen molar-refractivity contribution in [1.29, 1.82) is 0 Å². The van der Waals surface area contributed by atoms with Crippen molar-refractivity contribution in [2.45, 2.75) is 33.1 Å². The highest BCUT2D eigenvalue weighted by Gasteiger charge is 2.31. The first-order chi connectivity index (χ1) is 7.61. The Kier molecular flexibility index (Phi) is 5.22. The fraction of sp³-hybridized carbons (Fsp3) is 0.917. The zero-order chi connectivity index (χ0) is 12.0. The Hall–Kier alpha value is -0.610. The third kappa shape index (κ3) is 3.76. The molecule has 1 amide bonds. The highest BCUT2D eigenvalue weighted by molar-refractivity contribution is 5.76. The number of carbonyl (C=O) groups is 1. The highest BCUT2D eigenvalue weighted by atomic mass is 16.5. The topological polar surface area (TPSA) is 55.6 Å². The molecule has 16 heavy (non-hydrogen) atoms. The van der Waals surface area contributed by atoms with Crippen LogP contribution in [-0.4, -0.2) is 43.7 Å². The minimum absolute atomic E-state index is 0.195. The summed E-state index contributed by atoms with van der Waals surface area (Å²) in [6.45, 7) is 7.99. The summed E-state index contributed by atoms with van der Waals surface area (Å²) >= 11 is 0. The van der Waals surface area contributed by atoms with Gasteiger partial charge in [-0.25, -0.2) is 0 Å². The number of piperidine rings is 1. The van der Waals surface area contributed by atoms with E-state index in [0.29, 0.717) is 13.0 Å². The van der Waals surface area contributed by atoms with Crippen molar-refractivity contribution in [2.75, 3.05) is 32.8 Å². The third-order valence-electron chi connectivity index (χ3n) is 3.34. The van der Waals surface area contributed by atoms with Crippen molar-refractivity contribution in [2.24, 2.45) is 11.1 Å². The summed E-state index contributed by atoms with van der Waals surface area (Å²) in [6, 6.07) is 0. The van der Waals surface area contributed by atoms with Gasteiger partial charge in [-0.15, -0.1) is 0 Å². The molecule has 2 N–H and O–H groups in total.